The minimum Gasteiger partial charge on any atom is -0.493 e. The first-order chi connectivity index (χ1) is 11.0. The molecule has 0 aliphatic carbocycles. The Morgan fingerprint density at radius 1 is 1.25 bits per heavy atom. The van der Waals surface area contributed by atoms with Crippen molar-refractivity contribution < 1.29 is 9.53 Å². The van der Waals surface area contributed by atoms with Crippen LogP contribution in [-0.2, 0) is 11.2 Å². The Kier molecular flexibility index (Phi) is 8.57. The molecule has 0 saturated carbocycles. The van der Waals surface area contributed by atoms with Gasteiger partial charge in [0.2, 0.25) is 5.91 Å². The maximum Gasteiger partial charge on any atom is 0.224 e. The summed E-state index contributed by atoms with van der Waals surface area (Å²) in [4.78, 5) is 12.1. The van der Waals surface area contributed by atoms with Crippen LogP contribution >= 0.6 is 12.4 Å². The zero-order chi connectivity index (χ0) is 16.7. The summed E-state index contributed by atoms with van der Waals surface area (Å²) in [5.74, 6) is 1.47. The fraction of sp³-hybridized carbons (Fsp3) is 0.632. The van der Waals surface area contributed by atoms with E-state index >= 15 is 0 Å². The van der Waals surface area contributed by atoms with Gasteiger partial charge < -0.3 is 15.4 Å². The van der Waals surface area contributed by atoms with E-state index in [9.17, 15) is 4.79 Å². The quantitative estimate of drug-likeness (QED) is 0.790. The van der Waals surface area contributed by atoms with Gasteiger partial charge in [-0.05, 0) is 55.0 Å². The van der Waals surface area contributed by atoms with E-state index < -0.39 is 0 Å². The molecule has 4 nitrogen and oxygen atoms in total. The van der Waals surface area contributed by atoms with E-state index in [4.69, 9.17) is 4.74 Å². The van der Waals surface area contributed by atoms with Crippen molar-refractivity contribution >= 4 is 18.3 Å². The van der Waals surface area contributed by atoms with Gasteiger partial charge in [0, 0.05) is 6.54 Å². The van der Waals surface area contributed by atoms with E-state index in [-0.39, 0.29) is 23.7 Å². The van der Waals surface area contributed by atoms with Gasteiger partial charge in [0.15, 0.2) is 0 Å². The SMILES string of the molecule is CC(C)COc1ccc(CC(=O)NCC2(C)CCNCC2)cc1.Cl. The van der Waals surface area contributed by atoms with Gasteiger partial charge >= 0.3 is 0 Å². The molecule has 1 aromatic rings. The van der Waals surface area contributed by atoms with Crippen LogP contribution in [0.25, 0.3) is 0 Å². The third-order valence-electron chi connectivity index (χ3n) is 4.39. The molecule has 2 N–H and O–H groups in total. The van der Waals surface area contributed by atoms with E-state index in [1.54, 1.807) is 0 Å². The van der Waals surface area contributed by atoms with Crippen LogP contribution < -0.4 is 15.4 Å². The molecule has 5 heteroatoms. The van der Waals surface area contributed by atoms with E-state index in [0.29, 0.717) is 18.9 Å². The Morgan fingerprint density at radius 3 is 2.46 bits per heavy atom. The largest absolute Gasteiger partial charge is 0.493 e. The monoisotopic (exact) mass is 354 g/mol. The lowest BCUT2D eigenvalue weighted by Gasteiger charge is -2.34. The van der Waals surface area contributed by atoms with Gasteiger partial charge in [-0.1, -0.05) is 32.9 Å². The number of piperidine rings is 1. The summed E-state index contributed by atoms with van der Waals surface area (Å²) in [7, 11) is 0. The smallest absolute Gasteiger partial charge is 0.224 e. The molecule has 1 amide bonds. The van der Waals surface area contributed by atoms with Crippen LogP contribution in [0, 0.1) is 11.3 Å². The zero-order valence-corrected chi connectivity index (χ0v) is 15.9. The lowest BCUT2D eigenvalue weighted by Crippen LogP contribution is -2.43. The Hall–Kier alpha value is -1.26. The molecule has 0 atom stereocenters. The second-order valence-corrected chi connectivity index (χ2v) is 7.36. The topological polar surface area (TPSA) is 50.4 Å². The van der Waals surface area contributed by atoms with E-state index in [1.165, 1.54) is 0 Å². The average molecular weight is 355 g/mol. The van der Waals surface area contributed by atoms with Crippen LogP contribution in [0.2, 0.25) is 0 Å². The number of rotatable bonds is 7. The fourth-order valence-electron chi connectivity index (χ4n) is 2.73. The number of halogens is 1. The van der Waals surface area contributed by atoms with Crippen LogP contribution in [0.3, 0.4) is 0 Å². The third kappa shape index (κ3) is 7.10. The second-order valence-electron chi connectivity index (χ2n) is 7.36. The van der Waals surface area contributed by atoms with Gasteiger partial charge in [-0.2, -0.15) is 0 Å². The molecule has 1 aliphatic heterocycles. The van der Waals surface area contributed by atoms with Crippen molar-refractivity contribution in [3.8, 4) is 5.75 Å². The number of nitrogens with one attached hydrogen (secondary N) is 2. The number of hydrogen-bond acceptors (Lipinski definition) is 3. The molecule has 1 fully saturated rings. The summed E-state index contributed by atoms with van der Waals surface area (Å²) < 4.78 is 5.66. The Morgan fingerprint density at radius 2 is 1.88 bits per heavy atom. The molecular formula is C19H31ClN2O2. The third-order valence-corrected chi connectivity index (χ3v) is 4.39. The highest BCUT2D eigenvalue weighted by molar-refractivity contribution is 5.85. The summed E-state index contributed by atoms with van der Waals surface area (Å²) >= 11 is 0. The maximum absolute atomic E-state index is 12.1. The van der Waals surface area contributed by atoms with Crippen LogP contribution in [-0.4, -0.2) is 32.1 Å². The van der Waals surface area contributed by atoms with E-state index in [1.807, 2.05) is 24.3 Å². The van der Waals surface area contributed by atoms with Gasteiger partial charge in [-0.3, -0.25) is 4.79 Å². The number of ether oxygens (including phenoxy) is 1. The summed E-state index contributed by atoms with van der Waals surface area (Å²) in [6.45, 7) is 10.1. The summed E-state index contributed by atoms with van der Waals surface area (Å²) in [5, 5.41) is 6.46. The molecule has 0 aromatic heterocycles. The van der Waals surface area contributed by atoms with Crippen LogP contribution in [0.15, 0.2) is 24.3 Å². The lowest BCUT2D eigenvalue weighted by molar-refractivity contribution is -0.121. The van der Waals surface area contributed by atoms with Crippen molar-refractivity contribution in [1.29, 1.82) is 0 Å². The first-order valence-corrected chi connectivity index (χ1v) is 8.66. The molecule has 0 bridgehead atoms. The molecule has 1 saturated heterocycles. The van der Waals surface area contributed by atoms with Gasteiger partial charge in [-0.25, -0.2) is 0 Å². The van der Waals surface area contributed by atoms with Gasteiger partial charge in [0.05, 0.1) is 13.0 Å². The fourth-order valence-corrected chi connectivity index (χ4v) is 2.73. The van der Waals surface area contributed by atoms with Crippen molar-refractivity contribution in [1.82, 2.24) is 10.6 Å². The Labute approximate surface area is 152 Å². The highest BCUT2D eigenvalue weighted by atomic mass is 35.5. The minimum absolute atomic E-state index is 0. The predicted octanol–water partition coefficient (Wildman–Crippen LogP) is 3.19. The van der Waals surface area contributed by atoms with Crippen molar-refractivity contribution in [2.75, 3.05) is 26.2 Å². The van der Waals surface area contributed by atoms with Crippen LogP contribution in [0.5, 0.6) is 5.75 Å². The molecule has 0 unspecified atom stereocenters. The number of carbonyl (C=O) groups excluding carboxylic acids is 1. The molecule has 24 heavy (non-hydrogen) atoms. The van der Waals surface area contributed by atoms with Crippen molar-refractivity contribution in [2.45, 2.75) is 40.0 Å². The van der Waals surface area contributed by atoms with E-state index in [2.05, 4.69) is 31.4 Å². The molecule has 0 radical (unpaired) electrons. The summed E-state index contributed by atoms with van der Waals surface area (Å²) in [5.41, 5.74) is 1.25. The van der Waals surface area contributed by atoms with Crippen molar-refractivity contribution in [3.05, 3.63) is 29.8 Å². The molecule has 1 heterocycles. The number of amides is 1. The van der Waals surface area contributed by atoms with Crippen LogP contribution in [0.1, 0.15) is 39.2 Å². The maximum atomic E-state index is 12.1. The van der Waals surface area contributed by atoms with Crippen molar-refractivity contribution in [3.63, 3.8) is 0 Å². The first kappa shape index (κ1) is 20.8. The average Bonchev–Trinajstić information content (AvgIpc) is 2.53. The highest BCUT2D eigenvalue weighted by Crippen LogP contribution is 2.26. The summed E-state index contributed by atoms with van der Waals surface area (Å²) in [6, 6.07) is 7.83. The lowest BCUT2D eigenvalue weighted by atomic mass is 9.81. The molecule has 2 rings (SSSR count). The molecule has 1 aromatic carbocycles. The normalized spacial score (nSPS) is 16.3. The standard InChI is InChI=1S/C19H30N2O2.ClH/c1-15(2)13-23-17-6-4-16(5-7-17)12-18(22)21-14-19(3)8-10-20-11-9-19;/h4-7,15,20H,8-14H2,1-3H3,(H,21,22);1H. The molecule has 1 aliphatic rings. The number of benzene rings is 1. The second kappa shape index (κ2) is 9.90. The predicted molar refractivity (Wildman–Crippen MR) is 101 cm³/mol. The van der Waals surface area contributed by atoms with Gasteiger partial charge in [0.1, 0.15) is 5.75 Å². The Bertz CT molecular complexity index is 497. The minimum atomic E-state index is 0. The summed E-state index contributed by atoms with van der Waals surface area (Å²) in [6.07, 6.45) is 2.67. The van der Waals surface area contributed by atoms with Crippen LogP contribution in [0.4, 0.5) is 0 Å². The molecular weight excluding hydrogens is 324 g/mol. The van der Waals surface area contributed by atoms with Crippen molar-refractivity contribution in [2.24, 2.45) is 11.3 Å². The molecule has 136 valence electrons. The van der Waals surface area contributed by atoms with Gasteiger partial charge in [-0.15, -0.1) is 12.4 Å². The van der Waals surface area contributed by atoms with E-state index in [0.717, 1.165) is 43.8 Å². The highest BCUT2D eigenvalue weighted by Gasteiger charge is 2.26. The number of hydrogen-bond donors (Lipinski definition) is 2. The zero-order valence-electron chi connectivity index (χ0n) is 15.1. The first-order valence-electron chi connectivity index (χ1n) is 8.66. The Balaban J connectivity index is 0.00000288. The molecule has 0 spiro atoms. The van der Waals surface area contributed by atoms with Gasteiger partial charge in [0.25, 0.3) is 0 Å². The number of carbonyl (C=O) groups is 1.